The maximum absolute atomic E-state index is 5.96. The molecule has 1 aliphatic heterocycles. The standard InChI is InChI=1S/C17H28N4.HI/c1-17(2,3)20-16(18)19-12-15-10-7-11-21(15)13-14-8-5-4-6-9-14;/h4-6,8-9,15H,7,10-13H2,1-3H3,(H3,18,19,20);1H. The SMILES string of the molecule is CC(C)(C)NC(N)=NCC1CCCN1Cc1ccccc1.I. The maximum atomic E-state index is 5.96. The van der Waals surface area contributed by atoms with Gasteiger partial charge in [0.05, 0.1) is 6.54 Å². The van der Waals surface area contributed by atoms with Crippen LogP contribution in [0.25, 0.3) is 0 Å². The third-order valence-electron chi connectivity index (χ3n) is 3.70. The van der Waals surface area contributed by atoms with Gasteiger partial charge < -0.3 is 11.1 Å². The first-order valence-electron chi connectivity index (χ1n) is 7.80. The Labute approximate surface area is 151 Å². The van der Waals surface area contributed by atoms with Crippen molar-refractivity contribution < 1.29 is 0 Å². The second kappa shape index (κ2) is 8.72. The zero-order valence-corrected chi connectivity index (χ0v) is 16.2. The second-order valence-electron chi connectivity index (χ2n) is 6.85. The molecule has 1 atom stereocenters. The number of hydrogen-bond acceptors (Lipinski definition) is 2. The molecular formula is C17H29IN4. The van der Waals surface area contributed by atoms with Crippen LogP contribution in [0.5, 0.6) is 0 Å². The fourth-order valence-electron chi connectivity index (χ4n) is 2.76. The molecule has 124 valence electrons. The van der Waals surface area contributed by atoms with E-state index in [2.05, 4.69) is 66.3 Å². The molecule has 1 heterocycles. The van der Waals surface area contributed by atoms with Gasteiger partial charge in [-0.25, -0.2) is 0 Å². The summed E-state index contributed by atoms with van der Waals surface area (Å²) >= 11 is 0. The number of aliphatic imine (C=N–C) groups is 1. The highest BCUT2D eigenvalue weighted by molar-refractivity contribution is 14.0. The van der Waals surface area contributed by atoms with E-state index in [1.807, 2.05) is 0 Å². The number of halogens is 1. The first-order chi connectivity index (χ1) is 9.94. The van der Waals surface area contributed by atoms with E-state index in [0.29, 0.717) is 12.0 Å². The predicted octanol–water partition coefficient (Wildman–Crippen LogP) is 2.97. The van der Waals surface area contributed by atoms with E-state index in [-0.39, 0.29) is 29.5 Å². The van der Waals surface area contributed by atoms with Crippen LogP contribution in [-0.4, -0.2) is 35.5 Å². The summed E-state index contributed by atoms with van der Waals surface area (Å²) in [5, 5.41) is 3.22. The van der Waals surface area contributed by atoms with Gasteiger partial charge in [-0.15, -0.1) is 24.0 Å². The lowest BCUT2D eigenvalue weighted by Crippen LogP contribution is -2.45. The second-order valence-corrected chi connectivity index (χ2v) is 6.85. The van der Waals surface area contributed by atoms with Crippen molar-refractivity contribution in [2.45, 2.75) is 51.7 Å². The number of benzene rings is 1. The Bertz CT molecular complexity index is 467. The highest BCUT2D eigenvalue weighted by Gasteiger charge is 2.24. The number of likely N-dealkylation sites (tertiary alicyclic amines) is 1. The van der Waals surface area contributed by atoms with Gasteiger partial charge in [-0.1, -0.05) is 30.3 Å². The molecule has 0 saturated carbocycles. The molecule has 0 radical (unpaired) electrons. The van der Waals surface area contributed by atoms with Gasteiger partial charge in [0.2, 0.25) is 0 Å². The zero-order chi connectivity index (χ0) is 15.3. The molecule has 0 aliphatic carbocycles. The van der Waals surface area contributed by atoms with Gasteiger partial charge in [0.1, 0.15) is 0 Å². The molecule has 5 heteroatoms. The van der Waals surface area contributed by atoms with Crippen LogP contribution in [0.3, 0.4) is 0 Å². The highest BCUT2D eigenvalue weighted by Crippen LogP contribution is 2.20. The van der Waals surface area contributed by atoms with Gasteiger partial charge in [-0.3, -0.25) is 9.89 Å². The summed E-state index contributed by atoms with van der Waals surface area (Å²) in [5.41, 5.74) is 7.29. The first kappa shape index (κ1) is 19.2. The number of guanidine groups is 1. The fourth-order valence-corrected chi connectivity index (χ4v) is 2.76. The topological polar surface area (TPSA) is 53.6 Å². The lowest BCUT2D eigenvalue weighted by atomic mass is 10.1. The summed E-state index contributed by atoms with van der Waals surface area (Å²) in [4.78, 5) is 7.04. The third kappa shape index (κ3) is 6.52. The van der Waals surface area contributed by atoms with Gasteiger partial charge in [-0.05, 0) is 45.7 Å². The zero-order valence-electron chi connectivity index (χ0n) is 13.9. The van der Waals surface area contributed by atoms with Crippen molar-refractivity contribution in [3.05, 3.63) is 35.9 Å². The molecule has 1 unspecified atom stereocenters. The summed E-state index contributed by atoms with van der Waals surface area (Å²) in [6, 6.07) is 11.1. The maximum Gasteiger partial charge on any atom is 0.189 e. The predicted molar refractivity (Wildman–Crippen MR) is 105 cm³/mol. The van der Waals surface area contributed by atoms with E-state index >= 15 is 0 Å². The normalized spacial score (nSPS) is 19.8. The molecule has 4 nitrogen and oxygen atoms in total. The molecule has 1 aromatic rings. The molecule has 1 aromatic carbocycles. The minimum Gasteiger partial charge on any atom is -0.370 e. The molecule has 22 heavy (non-hydrogen) atoms. The van der Waals surface area contributed by atoms with Crippen LogP contribution in [0.2, 0.25) is 0 Å². The van der Waals surface area contributed by atoms with E-state index in [4.69, 9.17) is 5.73 Å². The number of nitrogens with two attached hydrogens (primary N) is 1. The Morgan fingerprint density at radius 1 is 1.32 bits per heavy atom. The lowest BCUT2D eigenvalue weighted by molar-refractivity contribution is 0.250. The summed E-state index contributed by atoms with van der Waals surface area (Å²) in [6.07, 6.45) is 2.46. The number of nitrogens with zero attached hydrogens (tertiary/aromatic N) is 2. The Morgan fingerprint density at radius 3 is 2.64 bits per heavy atom. The minimum absolute atomic E-state index is 0. The summed E-state index contributed by atoms with van der Waals surface area (Å²) in [5.74, 6) is 0.550. The molecule has 1 fully saturated rings. The summed E-state index contributed by atoms with van der Waals surface area (Å²) in [6.45, 7) is 9.21. The Balaban J connectivity index is 0.00000242. The molecule has 0 amide bonds. The van der Waals surface area contributed by atoms with Crippen LogP contribution in [-0.2, 0) is 6.54 Å². The number of rotatable bonds is 4. The van der Waals surface area contributed by atoms with Crippen LogP contribution >= 0.6 is 24.0 Å². The third-order valence-corrected chi connectivity index (χ3v) is 3.70. The Kier molecular flexibility index (Phi) is 7.62. The van der Waals surface area contributed by atoms with E-state index in [1.165, 1.54) is 18.4 Å². The Hall–Kier alpha value is -0.820. The summed E-state index contributed by atoms with van der Waals surface area (Å²) in [7, 11) is 0. The van der Waals surface area contributed by atoms with Gasteiger partial charge in [-0.2, -0.15) is 0 Å². The fraction of sp³-hybridized carbons (Fsp3) is 0.588. The van der Waals surface area contributed by atoms with Gasteiger partial charge >= 0.3 is 0 Å². The van der Waals surface area contributed by atoms with Crippen molar-refractivity contribution in [1.29, 1.82) is 0 Å². The van der Waals surface area contributed by atoms with Crippen molar-refractivity contribution in [3.8, 4) is 0 Å². The molecule has 1 saturated heterocycles. The molecule has 0 aromatic heterocycles. The molecule has 2 rings (SSSR count). The lowest BCUT2D eigenvalue weighted by Gasteiger charge is -2.24. The van der Waals surface area contributed by atoms with Gasteiger partial charge in [0.15, 0.2) is 5.96 Å². The molecule has 3 N–H and O–H groups in total. The van der Waals surface area contributed by atoms with Crippen molar-refractivity contribution in [1.82, 2.24) is 10.2 Å². The van der Waals surface area contributed by atoms with E-state index in [0.717, 1.165) is 19.6 Å². The quantitative estimate of drug-likeness (QED) is 0.451. The number of hydrogen-bond donors (Lipinski definition) is 2. The average molecular weight is 416 g/mol. The minimum atomic E-state index is -0.0347. The first-order valence-corrected chi connectivity index (χ1v) is 7.80. The van der Waals surface area contributed by atoms with E-state index in [9.17, 15) is 0 Å². The molecule has 0 spiro atoms. The number of nitrogens with one attached hydrogen (secondary N) is 1. The largest absolute Gasteiger partial charge is 0.370 e. The smallest absolute Gasteiger partial charge is 0.189 e. The van der Waals surface area contributed by atoms with Crippen molar-refractivity contribution in [3.63, 3.8) is 0 Å². The highest BCUT2D eigenvalue weighted by atomic mass is 127. The van der Waals surface area contributed by atoms with E-state index in [1.54, 1.807) is 0 Å². The molecular weight excluding hydrogens is 387 g/mol. The average Bonchev–Trinajstić information content (AvgIpc) is 2.83. The van der Waals surface area contributed by atoms with Gasteiger partial charge in [0.25, 0.3) is 0 Å². The van der Waals surface area contributed by atoms with Crippen molar-refractivity contribution in [2.24, 2.45) is 10.7 Å². The van der Waals surface area contributed by atoms with E-state index < -0.39 is 0 Å². The van der Waals surface area contributed by atoms with Crippen LogP contribution < -0.4 is 11.1 Å². The summed E-state index contributed by atoms with van der Waals surface area (Å²) < 4.78 is 0. The Morgan fingerprint density at radius 2 is 2.00 bits per heavy atom. The molecule has 0 bridgehead atoms. The van der Waals surface area contributed by atoms with Crippen LogP contribution in [0.15, 0.2) is 35.3 Å². The van der Waals surface area contributed by atoms with Crippen molar-refractivity contribution >= 4 is 29.9 Å². The van der Waals surface area contributed by atoms with Crippen LogP contribution in [0, 0.1) is 0 Å². The monoisotopic (exact) mass is 416 g/mol. The van der Waals surface area contributed by atoms with Crippen LogP contribution in [0.1, 0.15) is 39.2 Å². The van der Waals surface area contributed by atoms with Gasteiger partial charge in [0, 0.05) is 18.1 Å². The molecule has 1 aliphatic rings. The van der Waals surface area contributed by atoms with Crippen LogP contribution in [0.4, 0.5) is 0 Å². The van der Waals surface area contributed by atoms with Crippen molar-refractivity contribution in [2.75, 3.05) is 13.1 Å².